The maximum Gasteiger partial charge on any atom is 0.198 e. The van der Waals surface area contributed by atoms with Crippen LogP contribution in [0.15, 0.2) is 34.0 Å². The van der Waals surface area contributed by atoms with Gasteiger partial charge >= 0.3 is 0 Å². The average molecular weight is 326 g/mol. The fourth-order valence-electron chi connectivity index (χ4n) is 2.80. The lowest BCUT2D eigenvalue weighted by Crippen LogP contribution is -2.15. The Bertz CT molecular complexity index is 1010. The second-order valence-corrected chi connectivity index (χ2v) is 5.96. The van der Waals surface area contributed by atoms with Gasteiger partial charge in [-0.2, -0.15) is 0 Å². The third kappa shape index (κ3) is 2.35. The molecule has 0 aliphatic carbocycles. The zero-order chi connectivity index (χ0) is 16.6. The number of rotatable bonds is 4. The molecular formula is C17H14N2O3S. The van der Waals surface area contributed by atoms with E-state index in [1.54, 1.807) is 16.7 Å². The Morgan fingerprint density at radius 3 is 2.57 bits per heavy atom. The van der Waals surface area contributed by atoms with E-state index >= 15 is 0 Å². The SMILES string of the molecule is CSc1c(C)ccc2c(=O)c3ccc(C=O)nc3n(CC=O)c12. The molecule has 0 atom stereocenters. The molecule has 0 aliphatic rings. The molecule has 2 aromatic heterocycles. The molecule has 0 radical (unpaired) electrons. The molecule has 0 aliphatic heterocycles. The van der Waals surface area contributed by atoms with Crippen molar-refractivity contribution in [3.05, 3.63) is 45.7 Å². The molecule has 0 saturated carbocycles. The Balaban J connectivity index is 2.64. The zero-order valence-corrected chi connectivity index (χ0v) is 13.5. The minimum absolute atomic E-state index is 0.0691. The van der Waals surface area contributed by atoms with Crippen LogP contribution in [0, 0.1) is 6.92 Å². The number of pyridine rings is 2. The third-order valence-corrected chi connectivity index (χ3v) is 4.75. The van der Waals surface area contributed by atoms with Crippen LogP contribution in [0.1, 0.15) is 16.1 Å². The number of carbonyl (C=O) groups excluding carboxylic acids is 2. The molecule has 0 unspecified atom stereocenters. The summed E-state index contributed by atoms with van der Waals surface area (Å²) in [5, 5.41) is 0.954. The highest BCUT2D eigenvalue weighted by Gasteiger charge is 2.16. The number of aldehydes is 2. The van der Waals surface area contributed by atoms with Crippen LogP contribution in [0.4, 0.5) is 0 Å². The van der Waals surface area contributed by atoms with E-state index < -0.39 is 0 Å². The molecule has 116 valence electrons. The van der Waals surface area contributed by atoms with E-state index in [1.807, 2.05) is 19.2 Å². The number of carbonyl (C=O) groups is 2. The van der Waals surface area contributed by atoms with Gasteiger partial charge in [0.15, 0.2) is 11.7 Å². The average Bonchev–Trinajstić information content (AvgIpc) is 2.57. The first-order chi connectivity index (χ1) is 11.1. The van der Waals surface area contributed by atoms with Crippen LogP contribution in [-0.2, 0) is 11.3 Å². The quantitative estimate of drug-likeness (QED) is 0.419. The predicted octanol–water partition coefficient (Wildman–Crippen LogP) is 2.59. The van der Waals surface area contributed by atoms with Crippen LogP contribution in [0.2, 0.25) is 0 Å². The lowest BCUT2D eigenvalue weighted by Gasteiger charge is -2.16. The number of hydrogen-bond acceptors (Lipinski definition) is 5. The Morgan fingerprint density at radius 2 is 1.91 bits per heavy atom. The summed E-state index contributed by atoms with van der Waals surface area (Å²) >= 11 is 1.52. The smallest absolute Gasteiger partial charge is 0.198 e. The molecule has 0 N–H and O–H groups in total. The van der Waals surface area contributed by atoms with Gasteiger partial charge in [-0.1, -0.05) is 6.07 Å². The fraction of sp³-hybridized carbons (Fsp3) is 0.176. The van der Waals surface area contributed by atoms with E-state index in [2.05, 4.69) is 4.98 Å². The van der Waals surface area contributed by atoms with E-state index in [-0.39, 0.29) is 17.7 Å². The van der Waals surface area contributed by atoms with Crippen LogP contribution in [0.3, 0.4) is 0 Å². The third-order valence-electron chi connectivity index (χ3n) is 3.82. The second kappa shape index (κ2) is 5.96. The number of thioether (sulfide) groups is 1. The number of aryl methyl sites for hydroxylation is 1. The number of nitrogens with zero attached hydrogens (tertiary/aromatic N) is 2. The van der Waals surface area contributed by atoms with Crippen LogP contribution < -0.4 is 5.43 Å². The lowest BCUT2D eigenvalue weighted by molar-refractivity contribution is -0.108. The molecule has 0 bridgehead atoms. The van der Waals surface area contributed by atoms with Gasteiger partial charge in [0.05, 0.1) is 17.4 Å². The summed E-state index contributed by atoms with van der Waals surface area (Å²) in [4.78, 5) is 40.2. The van der Waals surface area contributed by atoms with E-state index in [0.717, 1.165) is 16.7 Å². The molecule has 3 aromatic rings. The van der Waals surface area contributed by atoms with Gasteiger partial charge in [0, 0.05) is 10.3 Å². The van der Waals surface area contributed by atoms with Crippen molar-refractivity contribution < 1.29 is 9.59 Å². The number of fused-ring (bicyclic) bond motifs is 2. The van der Waals surface area contributed by atoms with Crippen molar-refractivity contribution >= 4 is 46.3 Å². The van der Waals surface area contributed by atoms with Crippen molar-refractivity contribution in [2.75, 3.05) is 6.26 Å². The normalized spacial score (nSPS) is 11.0. The number of benzene rings is 1. The standard InChI is InChI=1S/C17H14N2O3S/c1-10-3-5-12-14(16(10)23-2)19(7-8-20)17-13(15(12)22)6-4-11(9-21)18-17/h3-6,8-9H,7H2,1-2H3. The minimum atomic E-state index is -0.141. The Kier molecular flexibility index (Phi) is 4.00. The van der Waals surface area contributed by atoms with Crippen LogP contribution in [0.5, 0.6) is 0 Å². The van der Waals surface area contributed by atoms with Gasteiger partial charge in [0.1, 0.15) is 17.6 Å². The topological polar surface area (TPSA) is 69.0 Å². The molecule has 1 aromatic carbocycles. The second-order valence-electron chi connectivity index (χ2n) is 5.14. The Morgan fingerprint density at radius 1 is 1.17 bits per heavy atom. The first-order valence-electron chi connectivity index (χ1n) is 7.02. The lowest BCUT2D eigenvalue weighted by atomic mass is 10.1. The highest BCUT2D eigenvalue weighted by molar-refractivity contribution is 7.98. The summed E-state index contributed by atoms with van der Waals surface area (Å²) in [5.41, 5.74) is 2.17. The van der Waals surface area contributed by atoms with E-state index in [4.69, 9.17) is 0 Å². The van der Waals surface area contributed by atoms with Gasteiger partial charge in [-0.3, -0.25) is 9.59 Å². The van der Waals surface area contributed by atoms with Crippen molar-refractivity contribution in [1.82, 2.24) is 9.55 Å². The summed E-state index contributed by atoms with van der Waals surface area (Å²) < 4.78 is 1.71. The van der Waals surface area contributed by atoms with Crippen molar-refractivity contribution in [2.45, 2.75) is 18.4 Å². The first-order valence-corrected chi connectivity index (χ1v) is 8.24. The van der Waals surface area contributed by atoms with Crippen LogP contribution in [0.25, 0.3) is 21.9 Å². The van der Waals surface area contributed by atoms with Gasteiger partial charge in [-0.15, -0.1) is 11.8 Å². The van der Waals surface area contributed by atoms with Gasteiger partial charge in [-0.05, 0) is 36.9 Å². The summed E-state index contributed by atoms with van der Waals surface area (Å²) in [6.07, 6.45) is 3.33. The monoisotopic (exact) mass is 326 g/mol. The molecule has 23 heavy (non-hydrogen) atoms. The van der Waals surface area contributed by atoms with E-state index in [1.165, 1.54) is 17.8 Å². The minimum Gasteiger partial charge on any atom is -0.317 e. The maximum atomic E-state index is 12.8. The van der Waals surface area contributed by atoms with E-state index in [0.29, 0.717) is 28.2 Å². The summed E-state index contributed by atoms with van der Waals surface area (Å²) in [5.74, 6) is 0. The molecule has 5 nitrogen and oxygen atoms in total. The molecule has 3 rings (SSSR count). The summed E-state index contributed by atoms with van der Waals surface area (Å²) in [6, 6.07) is 6.78. The Hall–Kier alpha value is -2.47. The van der Waals surface area contributed by atoms with Crippen molar-refractivity contribution in [1.29, 1.82) is 0 Å². The maximum absolute atomic E-state index is 12.8. The van der Waals surface area contributed by atoms with Gasteiger partial charge < -0.3 is 9.36 Å². The zero-order valence-electron chi connectivity index (χ0n) is 12.7. The molecule has 0 saturated heterocycles. The van der Waals surface area contributed by atoms with Gasteiger partial charge in [0.2, 0.25) is 0 Å². The highest BCUT2D eigenvalue weighted by Crippen LogP contribution is 2.30. The highest BCUT2D eigenvalue weighted by atomic mass is 32.2. The number of aromatic nitrogens is 2. The molecule has 0 fully saturated rings. The van der Waals surface area contributed by atoms with Crippen molar-refractivity contribution in [3.63, 3.8) is 0 Å². The summed E-state index contributed by atoms with van der Waals surface area (Å²) in [6.45, 7) is 2.03. The molecular weight excluding hydrogens is 312 g/mol. The van der Waals surface area contributed by atoms with Crippen LogP contribution in [-0.4, -0.2) is 28.4 Å². The number of hydrogen-bond donors (Lipinski definition) is 0. The summed E-state index contributed by atoms with van der Waals surface area (Å²) in [7, 11) is 0. The predicted molar refractivity (Wildman–Crippen MR) is 91.5 cm³/mol. The first kappa shape index (κ1) is 15.4. The molecule has 6 heteroatoms. The fourth-order valence-corrected chi connectivity index (χ4v) is 3.60. The van der Waals surface area contributed by atoms with Crippen molar-refractivity contribution in [3.8, 4) is 0 Å². The van der Waals surface area contributed by atoms with E-state index in [9.17, 15) is 14.4 Å². The van der Waals surface area contributed by atoms with Gasteiger partial charge in [0.25, 0.3) is 0 Å². The molecule has 0 spiro atoms. The largest absolute Gasteiger partial charge is 0.317 e. The van der Waals surface area contributed by atoms with Crippen LogP contribution >= 0.6 is 11.8 Å². The van der Waals surface area contributed by atoms with Gasteiger partial charge in [-0.25, -0.2) is 4.98 Å². The Labute approximate surface area is 136 Å². The molecule has 0 amide bonds. The molecule has 2 heterocycles. The van der Waals surface area contributed by atoms with Crippen molar-refractivity contribution in [2.24, 2.45) is 0 Å².